The van der Waals surface area contributed by atoms with Gasteiger partial charge in [-0.15, -0.1) is 0 Å². The summed E-state index contributed by atoms with van der Waals surface area (Å²) in [6.07, 6.45) is 2.98. The normalized spacial score (nSPS) is 22.3. The van der Waals surface area contributed by atoms with Crippen LogP contribution < -0.4 is 5.32 Å². The summed E-state index contributed by atoms with van der Waals surface area (Å²) in [5, 5.41) is 4.59. The zero-order valence-electron chi connectivity index (χ0n) is 12.1. The molecule has 5 heteroatoms. The molecular weight excluding hydrogens is 256 g/mol. The van der Waals surface area contributed by atoms with Crippen molar-refractivity contribution >= 4 is 16.9 Å². The molecule has 0 aromatic carbocycles. The highest BCUT2D eigenvalue weighted by Crippen LogP contribution is 2.27. The van der Waals surface area contributed by atoms with Crippen LogP contribution >= 0.6 is 11.8 Å². The van der Waals surface area contributed by atoms with Gasteiger partial charge in [-0.05, 0) is 24.8 Å². The van der Waals surface area contributed by atoms with Crippen LogP contribution in [-0.2, 0) is 6.54 Å². The summed E-state index contributed by atoms with van der Waals surface area (Å²) in [5.74, 6) is 1.94. The van der Waals surface area contributed by atoms with Crippen molar-refractivity contribution in [1.29, 1.82) is 0 Å². The van der Waals surface area contributed by atoms with E-state index in [0.717, 1.165) is 22.4 Å². The number of aromatic nitrogens is 2. The number of hydrogen-bond acceptors (Lipinski definition) is 4. The Labute approximate surface area is 119 Å². The Bertz CT molecular complexity index is 465. The maximum Gasteiger partial charge on any atom is 0.157 e. The third-order valence-corrected chi connectivity index (χ3v) is 4.17. The van der Waals surface area contributed by atoms with Gasteiger partial charge in [0, 0.05) is 18.0 Å². The predicted molar refractivity (Wildman–Crippen MR) is 81.4 cm³/mol. The molecule has 19 heavy (non-hydrogen) atoms. The van der Waals surface area contributed by atoms with E-state index in [2.05, 4.69) is 41.0 Å². The lowest BCUT2D eigenvalue weighted by atomic mass is 9.85. The van der Waals surface area contributed by atoms with Crippen LogP contribution in [0.5, 0.6) is 0 Å². The smallest absolute Gasteiger partial charge is 0.157 e. The Kier molecular flexibility index (Phi) is 4.45. The fourth-order valence-electron chi connectivity index (χ4n) is 2.02. The van der Waals surface area contributed by atoms with Gasteiger partial charge < -0.3 is 5.32 Å². The summed E-state index contributed by atoms with van der Waals surface area (Å²) in [6.45, 7) is 9.33. The van der Waals surface area contributed by atoms with Crippen LogP contribution in [0.15, 0.2) is 17.3 Å². The van der Waals surface area contributed by atoms with Crippen LogP contribution in [-0.4, -0.2) is 26.9 Å². The van der Waals surface area contributed by atoms with Crippen molar-refractivity contribution in [3.8, 4) is 0 Å². The molecule has 1 aliphatic heterocycles. The van der Waals surface area contributed by atoms with E-state index in [1.807, 2.05) is 13.0 Å². The molecule has 0 amide bonds. The molecule has 1 N–H and O–H groups in total. The molecule has 4 nitrogen and oxygen atoms in total. The minimum Gasteiger partial charge on any atom is -0.362 e. The van der Waals surface area contributed by atoms with Crippen molar-refractivity contribution in [2.75, 3.05) is 5.75 Å². The average Bonchev–Trinajstić information content (AvgIpc) is 2.36. The lowest BCUT2D eigenvalue weighted by Crippen LogP contribution is -2.46. The molecule has 0 spiro atoms. The number of nitrogens with zero attached hydrogens (tertiary/aromatic N) is 3. The van der Waals surface area contributed by atoms with E-state index in [9.17, 15) is 0 Å². The molecule has 2 rings (SSSR count). The Morgan fingerprint density at radius 1 is 1.47 bits per heavy atom. The molecule has 0 aliphatic carbocycles. The van der Waals surface area contributed by atoms with Crippen LogP contribution in [0.1, 0.15) is 38.7 Å². The van der Waals surface area contributed by atoms with Crippen molar-refractivity contribution in [3.05, 3.63) is 23.8 Å². The van der Waals surface area contributed by atoms with E-state index in [-0.39, 0.29) is 5.41 Å². The number of rotatable bonds is 2. The maximum atomic E-state index is 4.64. The summed E-state index contributed by atoms with van der Waals surface area (Å²) in [6, 6.07) is 2.42. The number of thioether (sulfide) groups is 1. The third kappa shape index (κ3) is 4.20. The number of aliphatic imine (C=N–C) groups is 1. The largest absolute Gasteiger partial charge is 0.362 e. The molecular formula is C14H22N4S. The molecule has 0 saturated carbocycles. The van der Waals surface area contributed by atoms with Crippen molar-refractivity contribution in [2.24, 2.45) is 10.4 Å². The van der Waals surface area contributed by atoms with E-state index in [0.29, 0.717) is 12.6 Å². The number of nitrogens with one attached hydrogen (secondary N) is 1. The topological polar surface area (TPSA) is 50.2 Å². The van der Waals surface area contributed by atoms with Crippen molar-refractivity contribution in [3.63, 3.8) is 0 Å². The van der Waals surface area contributed by atoms with E-state index < -0.39 is 0 Å². The second-order valence-corrected chi connectivity index (χ2v) is 7.00. The second kappa shape index (κ2) is 5.90. The van der Waals surface area contributed by atoms with Crippen LogP contribution in [0, 0.1) is 12.3 Å². The molecule has 1 aromatic rings. The highest BCUT2D eigenvalue weighted by Gasteiger charge is 2.28. The fourth-order valence-corrected chi connectivity index (χ4v) is 2.95. The van der Waals surface area contributed by atoms with Crippen molar-refractivity contribution < 1.29 is 0 Å². The monoisotopic (exact) mass is 278 g/mol. The van der Waals surface area contributed by atoms with Crippen LogP contribution in [0.3, 0.4) is 0 Å². The van der Waals surface area contributed by atoms with Gasteiger partial charge in [0.2, 0.25) is 0 Å². The predicted octanol–water partition coefficient (Wildman–Crippen LogP) is 2.78. The number of aryl methyl sites for hydroxylation is 1. The standard InChI is InChI=1S/C14H22N4S/c1-10-15-7-5-11(17-10)9-16-13-18-12(6-8-19-13)14(2,3)4/h5,7,12H,6,8-9H2,1-4H3,(H,16,18). The van der Waals surface area contributed by atoms with Crippen LogP contribution in [0.4, 0.5) is 0 Å². The van der Waals surface area contributed by atoms with Crippen molar-refractivity contribution in [2.45, 2.75) is 46.7 Å². The molecule has 1 fully saturated rings. The van der Waals surface area contributed by atoms with Gasteiger partial charge in [0.15, 0.2) is 5.17 Å². The van der Waals surface area contributed by atoms with Gasteiger partial charge >= 0.3 is 0 Å². The molecule has 1 unspecified atom stereocenters. The summed E-state index contributed by atoms with van der Waals surface area (Å²) in [5.41, 5.74) is 1.24. The Morgan fingerprint density at radius 2 is 2.26 bits per heavy atom. The SMILES string of the molecule is Cc1nccc(CN=C2NC(C(C)(C)C)CCS2)n1. The van der Waals surface area contributed by atoms with Gasteiger partial charge in [0.1, 0.15) is 5.82 Å². The summed E-state index contributed by atoms with van der Waals surface area (Å²) >= 11 is 1.80. The third-order valence-electron chi connectivity index (χ3n) is 3.21. The molecule has 1 aromatic heterocycles. The highest BCUT2D eigenvalue weighted by molar-refractivity contribution is 8.13. The van der Waals surface area contributed by atoms with E-state index >= 15 is 0 Å². The van der Waals surface area contributed by atoms with Gasteiger partial charge in [-0.1, -0.05) is 32.5 Å². The fraction of sp³-hybridized carbons (Fsp3) is 0.643. The minimum absolute atomic E-state index is 0.271. The van der Waals surface area contributed by atoms with E-state index in [1.165, 1.54) is 6.42 Å². The molecule has 2 heterocycles. The zero-order chi connectivity index (χ0) is 13.9. The molecule has 1 atom stereocenters. The van der Waals surface area contributed by atoms with Gasteiger partial charge in [0.05, 0.1) is 12.2 Å². The molecule has 1 aliphatic rings. The van der Waals surface area contributed by atoms with Gasteiger partial charge in [0.25, 0.3) is 0 Å². The van der Waals surface area contributed by atoms with Crippen molar-refractivity contribution in [1.82, 2.24) is 15.3 Å². The quantitative estimate of drug-likeness (QED) is 0.904. The highest BCUT2D eigenvalue weighted by atomic mass is 32.2. The first-order valence-electron chi connectivity index (χ1n) is 6.67. The summed E-state index contributed by atoms with van der Waals surface area (Å²) < 4.78 is 0. The van der Waals surface area contributed by atoms with Gasteiger partial charge in [-0.3, -0.25) is 4.99 Å². The molecule has 104 valence electrons. The maximum absolute atomic E-state index is 4.64. The van der Waals surface area contributed by atoms with Crippen LogP contribution in [0.25, 0.3) is 0 Å². The average molecular weight is 278 g/mol. The summed E-state index contributed by atoms with van der Waals surface area (Å²) in [4.78, 5) is 13.1. The number of amidine groups is 1. The van der Waals surface area contributed by atoms with Gasteiger partial charge in [-0.25, -0.2) is 9.97 Å². The first-order valence-corrected chi connectivity index (χ1v) is 7.66. The first kappa shape index (κ1) is 14.3. The zero-order valence-corrected chi connectivity index (χ0v) is 12.9. The lowest BCUT2D eigenvalue weighted by Gasteiger charge is -2.35. The van der Waals surface area contributed by atoms with E-state index in [4.69, 9.17) is 0 Å². The minimum atomic E-state index is 0.271. The van der Waals surface area contributed by atoms with Gasteiger partial charge in [-0.2, -0.15) is 0 Å². The van der Waals surface area contributed by atoms with E-state index in [1.54, 1.807) is 18.0 Å². The Balaban J connectivity index is 1.99. The first-order chi connectivity index (χ1) is 8.95. The Morgan fingerprint density at radius 3 is 2.95 bits per heavy atom. The molecule has 0 radical (unpaired) electrons. The summed E-state index contributed by atoms with van der Waals surface area (Å²) in [7, 11) is 0. The molecule has 1 saturated heterocycles. The molecule has 0 bridgehead atoms. The Hall–Kier alpha value is -1.10. The lowest BCUT2D eigenvalue weighted by molar-refractivity contribution is 0.290. The second-order valence-electron chi connectivity index (χ2n) is 5.92. The number of hydrogen-bond donors (Lipinski definition) is 1. The van der Waals surface area contributed by atoms with Crippen LogP contribution in [0.2, 0.25) is 0 Å².